The van der Waals surface area contributed by atoms with Crippen molar-refractivity contribution in [1.82, 2.24) is 5.32 Å². The molecule has 1 aromatic rings. The van der Waals surface area contributed by atoms with Gasteiger partial charge < -0.3 is 11.1 Å². The molecule has 0 aliphatic carbocycles. The average Bonchev–Trinajstić information content (AvgIpc) is 2.50. The molecule has 1 rings (SSSR count). The first-order valence-electron chi connectivity index (χ1n) is 7.49. The number of carbonyl (C=O) groups is 2. The molecule has 5 nitrogen and oxygen atoms in total. The second kappa shape index (κ2) is 8.28. The van der Waals surface area contributed by atoms with Crippen LogP contribution in [0.4, 0.5) is 26.3 Å². The fourth-order valence-corrected chi connectivity index (χ4v) is 2.29. The van der Waals surface area contributed by atoms with Gasteiger partial charge in [-0.3, -0.25) is 9.59 Å². The highest BCUT2D eigenvalue weighted by molar-refractivity contribution is 5.87. The lowest BCUT2D eigenvalue weighted by molar-refractivity contribution is -0.143. The van der Waals surface area contributed by atoms with E-state index in [1.165, 1.54) is 6.92 Å². The van der Waals surface area contributed by atoms with E-state index in [9.17, 15) is 35.9 Å². The van der Waals surface area contributed by atoms with Crippen LogP contribution < -0.4 is 11.1 Å². The summed E-state index contributed by atoms with van der Waals surface area (Å²) in [5.41, 5.74) is 1.47. The van der Waals surface area contributed by atoms with E-state index < -0.39 is 59.2 Å². The maximum Gasteiger partial charge on any atom is 0.416 e. The van der Waals surface area contributed by atoms with Crippen LogP contribution in [0.1, 0.15) is 30.0 Å². The second-order valence-corrected chi connectivity index (χ2v) is 5.88. The molecule has 148 valence electrons. The standard InChI is InChI=1S/C16H15F6N3O2/c1-8(2-3-23)13(14(24)27)25-12(26)6-9-4-10(15(17,18)19)7-11(5-9)16(20,21)22/h4-5,7-8,13H,2,6H2,1H3,(H2,24,27)(H,25,26)/t8-,13-/m0/s1. The molecule has 0 aliphatic rings. The highest BCUT2D eigenvalue weighted by Crippen LogP contribution is 2.36. The fraction of sp³-hybridized carbons (Fsp3) is 0.438. The van der Waals surface area contributed by atoms with Gasteiger partial charge in [0.05, 0.1) is 23.6 Å². The minimum absolute atomic E-state index is 0.0530. The smallest absolute Gasteiger partial charge is 0.368 e. The molecule has 0 saturated heterocycles. The van der Waals surface area contributed by atoms with Gasteiger partial charge in [0.15, 0.2) is 0 Å². The molecule has 11 heteroatoms. The molecular formula is C16H15F6N3O2. The molecule has 0 heterocycles. The van der Waals surface area contributed by atoms with Crippen LogP contribution in [0.15, 0.2) is 18.2 Å². The Balaban J connectivity index is 3.11. The van der Waals surface area contributed by atoms with Crippen LogP contribution in [-0.4, -0.2) is 17.9 Å². The molecule has 3 N–H and O–H groups in total. The first-order valence-corrected chi connectivity index (χ1v) is 7.49. The number of benzene rings is 1. The number of primary amides is 1. The van der Waals surface area contributed by atoms with Gasteiger partial charge in [-0.05, 0) is 29.7 Å². The third-order valence-corrected chi connectivity index (χ3v) is 3.62. The number of rotatable bonds is 6. The Morgan fingerprint density at radius 2 is 1.59 bits per heavy atom. The molecule has 0 radical (unpaired) electrons. The highest BCUT2D eigenvalue weighted by atomic mass is 19.4. The molecule has 0 spiro atoms. The van der Waals surface area contributed by atoms with Gasteiger partial charge in [0.1, 0.15) is 6.04 Å². The minimum atomic E-state index is -5.04. The Morgan fingerprint density at radius 3 is 1.96 bits per heavy atom. The van der Waals surface area contributed by atoms with Gasteiger partial charge in [0.2, 0.25) is 11.8 Å². The summed E-state index contributed by atoms with van der Waals surface area (Å²) in [6, 6.07) is 1.27. The van der Waals surface area contributed by atoms with E-state index >= 15 is 0 Å². The van der Waals surface area contributed by atoms with Gasteiger partial charge >= 0.3 is 12.4 Å². The summed E-state index contributed by atoms with van der Waals surface area (Å²) in [4.78, 5) is 23.4. The topological polar surface area (TPSA) is 96.0 Å². The minimum Gasteiger partial charge on any atom is -0.368 e. The van der Waals surface area contributed by atoms with Crippen molar-refractivity contribution in [3.05, 3.63) is 34.9 Å². The Bertz CT molecular complexity index is 720. The highest BCUT2D eigenvalue weighted by Gasteiger charge is 2.37. The zero-order chi connectivity index (χ0) is 21.0. The summed E-state index contributed by atoms with van der Waals surface area (Å²) < 4.78 is 76.9. The van der Waals surface area contributed by atoms with E-state index in [0.717, 1.165) is 0 Å². The van der Waals surface area contributed by atoms with E-state index in [2.05, 4.69) is 5.32 Å². The molecule has 2 amide bonds. The lowest BCUT2D eigenvalue weighted by Crippen LogP contribution is -2.48. The number of carbonyl (C=O) groups excluding carboxylic acids is 2. The van der Waals surface area contributed by atoms with Gasteiger partial charge in [0.25, 0.3) is 0 Å². The molecule has 27 heavy (non-hydrogen) atoms. The van der Waals surface area contributed by atoms with E-state index in [0.29, 0.717) is 12.1 Å². The molecule has 0 fully saturated rings. The van der Waals surface area contributed by atoms with Crippen LogP contribution >= 0.6 is 0 Å². The van der Waals surface area contributed by atoms with Gasteiger partial charge in [0, 0.05) is 6.42 Å². The summed E-state index contributed by atoms with van der Waals surface area (Å²) >= 11 is 0. The van der Waals surface area contributed by atoms with Crippen LogP contribution in [0.3, 0.4) is 0 Å². The van der Waals surface area contributed by atoms with E-state index in [4.69, 9.17) is 11.0 Å². The third-order valence-electron chi connectivity index (χ3n) is 3.62. The molecule has 0 aromatic heterocycles. The van der Waals surface area contributed by atoms with Crippen LogP contribution in [0.25, 0.3) is 0 Å². The number of nitrogens with two attached hydrogens (primary N) is 1. The number of hydrogen-bond donors (Lipinski definition) is 2. The van der Waals surface area contributed by atoms with Crippen molar-refractivity contribution in [2.45, 2.75) is 38.2 Å². The predicted octanol–water partition coefficient (Wildman–Crippen LogP) is 2.79. The van der Waals surface area contributed by atoms with Crippen molar-refractivity contribution in [2.24, 2.45) is 11.7 Å². The maximum absolute atomic E-state index is 12.8. The zero-order valence-corrected chi connectivity index (χ0v) is 13.9. The summed E-state index contributed by atoms with van der Waals surface area (Å²) in [7, 11) is 0. The normalized spacial score (nSPS) is 14.1. The number of halogens is 6. The number of nitrogens with one attached hydrogen (secondary N) is 1. The zero-order valence-electron chi connectivity index (χ0n) is 13.9. The van der Waals surface area contributed by atoms with Crippen molar-refractivity contribution in [3.63, 3.8) is 0 Å². The number of hydrogen-bond acceptors (Lipinski definition) is 3. The van der Waals surface area contributed by atoms with Crippen molar-refractivity contribution < 1.29 is 35.9 Å². The molecule has 0 unspecified atom stereocenters. The Kier molecular flexibility index (Phi) is 6.83. The van der Waals surface area contributed by atoms with Crippen molar-refractivity contribution in [1.29, 1.82) is 5.26 Å². The Hall–Kier alpha value is -2.77. The molecular weight excluding hydrogens is 380 g/mol. The van der Waals surface area contributed by atoms with Gasteiger partial charge in [-0.15, -0.1) is 0 Å². The summed E-state index contributed by atoms with van der Waals surface area (Å²) in [6.45, 7) is 1.44. The number of alkyl halides is 6. The Morgan fingerprint density at radius 1 is 1.11 bits per heavy atom. The first-order chi connectivity index (χ1) is 12.3. The van der Waals surface area contributed by atoms with Crippen LogP contribution in [0.2, 0.25) is 0 Å². The van der Waals surface area contributed by atoms with E-state index in [1.54, 1.807) is 6.07 Å². The average molecular weight is 395 g/mol. The first kappa shape index (κ1) is 22.3. The van der Waals surface area contributed by atoms with E-state index in [-0.39, 0.29) is 12.5 Å². The quantitative estimate of drug-likeness (QED) is 0.725. The lowest BCUT2D eigenvalue weighted by Gasteiger charge is -2.20. The number of nitrogens with zero attached hydrogens (tertiary/aromatic N) is 1. The fourth-order valence-electron chi connectivity index (χ4n) is 2.29. The maximum atomic E-state index is 12.8. The summed E-state index contributed by atoms with van der Waals surface area (Å²) in [5, 5.41) is 10.8. The molecule has 0 bridgehead atoms. The van der Waals surface area contributed by atoms with Crippen molar-refractivity contribution >= 4 is 11.8 Å². The lowest BCUT2D eigenvalue weighted by atomic mass is 9.97. The SMILES string of the molecule is C[C@@H](CC#N)[C@H](NC(=O)Cc1cc(C(F)(F)F)cc(C(F)(F)F)c1)C(N)=O. The molecule has 0 saturated carbocycles. The molecule has 1 aromatic carbocycles. The molecule has 2 atom stereocenters. The van der Waals surface area contributed by atoms with Gasteiger partial charge in [-0.2, -0.15) is 31.6 Å². The third kappa shape index (κ3) is 6.47. The summed E-state index contributed by atoms with van der Waals surface area (Å²) in [6.07, 6.45) is -11.1. The van der Waals surface area contributed by atoms with Crippen molar-refractivity contribution in [3.8, 4) is 6.07 Å². The monoisotopic (exact) mass is 395 g/mol. The van der Waals surface area contributed by atoms with Crippen LogP contribution in [0, 0.1) is 17.2 Å². The number of nitriles is 1. The number of amides is 2. The van der Waals surface area contributed by atoms with Crippen LogP contribution in [0.5, 0.6) is 0 Å². The Labute approximate surface area is 150 Å². The van der Waals surface area contributed by atoms with Crippen LogP contribution in [-0.2, 0) is 28.4 Å². The van der Waals surface area contributed by atoms with E-state index in [1.807, 2.05) is 0 Å². The second-order valence-electron chi connectivity index (χ2n) is 5.88. The predicted molar refractivity (Wildman–Crippen MR) is 80.7 cm³/mol. The molecule has 0 aliphatic heterocycles. The largest absolute Gasteiger partial charge is 0.416 e. The van der Waals surface area contributed by atoms with Gasteiger partial charge in [-0.25, -0.2) is 0 Å². The van der Waals surface area contributed by atoms with Gasteiger partial charge in [-0.1, -0.05) is 6.92 Å². The van der Waals surface area contributed by atoms with Crippen molar-refractivity contribution in [2.75, 3.05) is 0 Å². The summed E-state index contributed by atoms with van der Waals surface area (Å²) in [5.74, 6) is -2.68.